The van der Waals surface area contributed by atoms with Crippen molar-refractivity contribution in [2.45, 2.75) is 38.9 Å². The van der Waals surface area contributed by atoms with Crippen LogP contribution in [0.2, 0.25) is 0 Å². The Bertz CT molecular complexity index is 1640. The Hall–Kier alpha value is -4.80. The van der Waals surface area contributed by atoms with Gasteiger partial charge in [0.05, 0.1) is 30.2 Å². The average Bonchev–Trinajstić information content (AvgIpc) is 3.40. The van der Waals surface area contributed by atoms with E-state index < -0.39 is 29.5 Å². The van der Waals surface area contributed by atoms with Crippen molar-refractivity contribution >= 4 is 28.9 Å². The van der Waals surface area contributed by atoms with E-state index in [4.69, 9.17) is 4.74 Å². The maximum atomic E-state index is 14.4. The number of ether oxygens (including phenoxy) is 1. The van der Waals surface area contributed by atoms with Crippen LogP contribution in [0.3, 0.4) is 0 Å². The number of hydrogen-bond donors (Lipinski definition) is 1. The second-order valence-corrected chi connectivity index (χ2v) is 9.84. The monoisotopic (exact) mass is 578 g/mol. The maximum absolute atomic E-state index is 14.4. The van der Waals surface area contributed by atoms with E-state index in [2.05, 4.69) is 5.10 Å². The summed E-state index contributed by atoms with van der Waals surface area (Å²) in [6, 6.07) is 14.2. The van der Waals surface area contributed by atoms with E-state index in [1.807, 2.05) is 6.92 Å². The van der Waals surface area contributed by atoms with Gasteiger partial charge in [-0.15, -0.1) is 0 Å². The lowest BCUT2D eigenvalue weighted by Crippen LogP contribution is -2.39. The third-order valence-corrected chi connectivity index (χ3v) is 7.19. The van der Waals surface area contributed by atoms with Crippen molar-refractivity contribution in [1.29, 1.82) is 0 Å². The minimum Gasteiger partial charge on any atom is -0.504 e. The zero-order valence-corrected chi connectivity index (χ0v) is 23.2. The first-order valence-electron chi connectivity index (χ1n) is 13.4. The standard InChI is InChI=1S/C31H29F3N4O4/c1-4-13-36-18-20(17-35-36)23-14-19(15-26(42-3)28(23)39)27-29(40)37(5-2)24-12-11-21(31(32,33)34)16-25(24)38(30(27)41)22-9-7-6-8-10-22/h6-12,14-18,27,39H,4-5,13H2,1-3H3. The number of aromatic nitrogens is 2. The summed E-state index contributed by atoms with van der Waals surface area (Å²) in [6.07, 6.45) is -0.537. The fraction of sp³-hybridized carbons (Fsp3) is 0.258. The lowest BCUT2D eigenvalue weighted by Gasteiger charge is -2.26. The van der Waals surface area contributed by atoms with Gasteiger partial charge in [-0.05, 0) is 61.4 Å². The maximum Gasteiger partial charge on any atom is 0.416 e. The molecule has 8 nitrogen and oxygen atoms in total. The SMILES string of the molecule is CCCn1cc(-c2cc(C3C(=O)N(CC)c4ccc(C(F)(F)F)cc4N(c4ccccc4)C3=O)cc(OC)c2O)cn1. The molecule has 2 amide bonds. The van der Waals surface area contributed by atoms with Crippen LogP contribution in [0, 0.1) is 0 Å². The van der Waals surface area contributed by atoms with E-state index in [1.165, 1.54) is 30.2 Å². The number of hydrogen-bond acceptors (Lipinski definition) is 5. The number of methoxy groups -OCH3 is 1. The molecule has 0 saturated heterocycles. The van der Waals surface area contributed by atoms with Crippen LogP contribution in [0.15, 0.2) is 73.1 Å². The van der Waals surface area contributed by atoms with Crippen molar-refractivity contribution in [2.24, 2.45) is 0 Å². The Morgan fingerprint density at radius 2 is 1.71 bits per heavy atom. The van der Waals surface area contributed by atoms with Crippen LogP contribution in [0.1, 0.15) is 37.3 Å². The van der Waals surface area contributed by atoms with Gasteiger partial charge in [0.1, 0.15) is 5.92 Å². The van der Waals surface area contributed by atoms with Gasteiger partial charge in [0, 0.05) is 36.1 Å². The van der Waals surface area contributed by atoms with Crippen LogP contribution < -0.4 is 14.5 Å². The van der Waals surface area contributed by atoms with Gasteiger partial charge in [0.2, 0.25) is 11.8 Å². The zero-order valence-electron chi connectivity index (χ0n) is 23.2. The number of phenols is 1. The number of carbonyl (C=O) groups excluding carboxylic acids is 2. The number of aryl methyl sites for hydroxylation is 1. The molecule has 5 rings (SSSR count). The van der Waals surface area contributed by atoms with Crippen LogP contribution in [0.4, 0.5) is 30.2 Å². The van der Waals surface area contributed by atoms with Crippen molar-refractivity contribution in [3.63, 3.8) is 0 Å². The highest BCUT2D eigenvalue weighted by Crippen LogP contribution is 2.46. The predicted octanol–water partition coefficient (Wildman–Crippen LogP) is 6.51. The fourth-order valence-corrected chi connectivity index (χ4v) is 5.22. The van der Waals surface area contributed by atoms with Crippen LogP contribution in [0.5, 0.6) is 11.5 Å². The van der Waals surface area contributed by atoms with Gasteiger partial charge >= 0.3 is 6.18 Å². The second-order valence-electron chi connectivity index (χ2n) is 9.84. The van der Waals surface area contributed by atoms with Crippen molar-refractivity contribution < 1.29 is 32.6 Å². The number of benzene rings is 3. The molecule has 42 heavy (non-hydrogen) atoms. The van der Waals surface area contributed by atoms with Gasteiger partial charge in [-0.3, -0.25) is 19.2 Å². The molecule has 11 heteroatoms. The van der Waals surface area contributed by atoms with E-state index in [0.29, 0.717) is 23.4 Å². The minimum atomic E-state index is -4.67. The molecule has 1 unspecified atom stereocenters. The van der Waals surface area contributed by atoms with Gasteiger partial charge in [-0.1, -0.05) is 25.1 Å². The summed E-state index contributed by atoms with van der Waals surface area (Å²) >= 11 is 0. The van der Waals surface area contributed by atoms with Crippen LogP contribution in [0.25, 0.3) is 11.1 Å². The topological polar surface area (TPSA) is 87.9 Å². The summed E-state index contributed by atoms with van der Waals surface area (Å²) in [7, 11) is 1.35. The number of para-hydroxylation sites is 1. The molecule has 1 aromatic heterocycles. The molecule has 0 aliphatic carbocycles. The number of aromatic hydroxyl groups is 1. The smallest absolute Gasteiger partial charge is 0.416 e. The van der Waals surface area contributed by atoms with Crippen molar-refractivity contribution in [2.75, 3.05) is 23.5 Å². The molecule has 0 spiro atoms. The molecule has 4 aromatic rings. The summed E-state index contributed by atoms with van der Waals surface area (Å²) in [5.41, 5.74) is 0.497. The fourth-order valence-electron chi connectivity index (χ4n) is 5.22. The quantitative estimate of drug-likeness (QED) is 0.253. The van der Waals surface area contributed by atoms with E-state index >= 15 is 0 Å². The number of fused-ring (bicyclic) bond motifs is 1. The molecule has 3 aromatic carbocycles. The van der Waals surface area contributed by atoms with Gasteiger partial charge in [0.15, 0.2) is 11.5 Å². The van der Waals surface area contributed by atoms with Gasteiger partial charge < -0.3 is 14.7 Å². The molecule has 218 valence electrons. The Kier molecular flexibility index (Phi) is 7.68. The normalized spacial score (nSPS) is 15.5. The largest absolute Gasteiger partial charge is 0.504 e. The molecule has 0 bridgehead atoms. The molecule has 0 fully saturated rings. The molecule has 1 aliphatic rings. The van der Waals surface area contributed by atoms with Crippen molar-refractivity contribution in [1.82, 2.24) is 9.78 Å². The van der Waals surface area contributed by atoms with E-state index in [1.54, 1.807) is 54.3 Å². The summed E-state index contributed by atoms with van der Waals surface area (Å²) < 4.78 is 48.6. The molecule has 0 saturated carbocycles. The Balaban J connectivity index is 1.74. The number of phenolic OH excluding ortho intramolecular Hbond substituents is 1. The number of halogens is 3. The van der Waals surface area contributed by atoms with Crippen molar-refractivity contribution in [3.8, 4) is 22.6 Å². The average molecular weight is 579 g/mol. The van der Waals surface area contributed by atoms with E-state index in [-0.39, 0.29) is 35.0 Å². The van der Waals surface area contributed by atoms with Crippen molar-refractivity contribution in [3.05, 3.63) is 84.2 Å². The summed E-state index contributed by atoms with van der Waals surface area (Å²) in [4.78, 5) is 31.1. The summed E-state index contributed by atoms with van der Waals surface area (Å²) in [6.45, 7) is 4.42. The predicted molar refractivity (Wildman–Crippen MR) is 152 cm³/mol. The first-order valence-corrected chi connectivity index (χ1v) is 13.4. The number of carbonyl (C=O) groups is 2. The first kappa shape index (κ1) is 28.7. The van der Waals surface area contributed by atoms with Gasteiger partial charge in [-0.2, -0.15) is 18.3 Å². The number of anilines is 3. The molecule has 2 heterocycles. The van der Waals surface area contributed by atoms with Gasteiger partial charge in [0.25, 0.3) is 0 Å². The van der Waals surface area contributed by atoms with E-state index in [9.17, 15) is 27.9 Å². The van der Waals surface area contributed by atoms with Gasteiger partial charge in [-0.25, -0.2) is 0 Å². The third-order valence-electron chi connectivity index (χ3n) is 7.19. The molecular weight excluding hydrogens is 549 g/mol. The zero-order chi connectivity index (χ0) is 30.2. The van der Waals surface area contributed by atoms with Crippen LogP contribution in [-0.4, -0.2) is 40.4 Å². The van der Waals surface area contributed by atoms with Crippen LogP contribution >= 0.6 is 0 Å². The minimum absolute atomic E-state index is 0.0294. The number of nitrogens with zero attached hydrogens (tertiary/aromatic N) is 4. The van der Waals surface area contributed by atoms with Crippen LogP contribution in [-0.2, 0) is 22.3 Å². The summed E-state index contributed by atoms with van der Waals surface area (Å²) in [5, 5.41) is 15.3. The van der Waals surface area contributed by atoms with E-state index in [0.717, 1.165) is 23.5 Å². The number of rotatable bonds is 7. The number of amides is 2. The number of alkyl halides is 3. The highest BCUT2D eigenvalue weighted by atomic mass is 19.4. The third kappa shape index (κ3) is 5.06. The molecular formula is C31H29F3N4O4. The Morgan fingerprint density at radius 3 is 2.36 bits per heavy atom. The Labute approximate surface area is 240 Å². The summed E-state index contributed by atoms with van der Waals surface area (Å²) in [5.74, 6) is -3.01. The number of likely N-dealkylation sites (N-methyl/N-ethyl adjacent to an activating group) is 1. The second kappa shape index (κ2) is 11.2. The molecule has 1 N–H and O–H groups in total. The highest BCUT2D eigenvalue weighted by molar-refractivity contribution is 6.23. The Morgan fingerprint density at radius 1 is 0.976 bits per heavy atom. The molecule has 0 radical (unpaired) electrons. The first-order chi connectivity index (χ1) is 20.1. The molecule has 1 atom stereocenters. The lowest BCUT2D eigenvalue weighted by molar-refractivity contribution is -0.137. The molecule has 1 aliphatic heterocycles. The lowest BCUT2D eigenvalue weighted by atomic mass is 9.92. The highest BCUT2D eigenvalue weighted by Gasteiger charge is 2.43.